The van der Waals surface area contributed by atoms with Crippen LogP contribution in [-0.2, 0) is 17.9 Å². The first-order chi connectivity index (χ1) is 18.5. The van der Waals surface area contributed by atoms with E-state index in [2.05, 4.69) is 15.1 Å². The average molecular weight is 515 g/mol. The predicted octanol–water partition coefficient (Wildman–Crippen LogP) is 3.37. The molecule has 1 aliphatic carbocycles. The summed E-state index contributed by atoms with van der Waals surface area (Å²) in [4.78, 5) is 23.4. The number of fused-ring (bicyclic) bond motifs is 1. The Kier molecular flexibility index (Phi) is 5.75. The number of methoxy groups -OCH3 is 2. The number of rotatable bonds is 7. The largest absolute Gasteiger partial charge is 0.481 e. The number of benzene rings is 1. The van der Waals surface area contributed by atoms with Crippen LogP contribution in [0.15, 0.2) is 36.7 Å². The van der Waals surface area contributed by atoms with Crippen molar-refractivity contribution in [2.45, 2.75) is 38.3 Å². The van der Waals surface area contributed by atoms with Gasteiger partial charge in [0.2, 0.25) is 17.7 Å². The molecule has 192 valence electrons. The minimum Gasteiger partial charge on any atom is -0.481 e. The Morgan fingerprint density at radius 2 is 1.97 bits per heavy atom. The van der Waals surface area contributed by atoms with Gasteiger partial charge in [-0.15, -0.1) is 0 Å². The number of carbonyl (C=O) groups is 1. The van der Waals surface area contributed by atoms with Gasteiger partial charge in [0.05, 0.1) is 38.6 Å². The highest BCUT2D eigenvalue weighted by Gasteiger charge is 2.33. The van der Waals surface area contributed by atoms with E-state index < -0.39 is 5.82 Å². The quantitative estimate of drug-likeness (QED) is 0.368. The molecule has 0 spiro atoms. The molecule has 12 heteroatoms. The summed E-state index contributed by atoms with van der Waals surface area (Å²) >= 11 is 0. The molecule has 11 nitrogen and oxygen atoms in total. The van der Waals surface area contributed by atoms with Crippen molar-refractivity contribution >= 4 is 11.7 Å². The van der Waals surface area contributed by atoms with E-state index in [9.17, 15) is 4.79 Å². The van der Waals surface area contributed by atoms with E-state index in [4.69, 9.17) is 19.8 Å². The standard InChI is InChI=1S/C26H23FN8O3/c1-37-23-10-17(12-28)31-35(23)20-6-3-15(9-18(20)27)13-33-21-11-19(32-34(21)8-7-22(33)36)24-25(16-4-5-16)29-14-30-26(24)38-2/h3,6,9-11,14,16H,4-5,7-8,13H2,1-2H3. The van der Waals surface area contributed by atoms with Crippen LogP contribution in [0.4, 0.5) is 10.2 Å². The Hall–Kier alpha value is -4.79. The van der Waals surface area contributed by atoms with Gasteiger partial charge in [-0.3, -0.25) is 9.69 Å². The van der Waals surface area contributed by atoms with Gasteiger partial charge in [-0.2, -0.15) is 20.1 Å². The van der Waals surface area contributed by atoms with E-state index in [-0.39, 0.29) is 36.1 Å². The monoisotopic (exact) mass is 514 g/mol. The molecule has 3 aromatic heterocycles. The van der Waals surface area contributed by atoms with Gasteiger partial charge < -0.3 is 9.47 Å². The molecule has 1 fully saturated rings. The first-order valence-corrected chi connectivity index (χ1v) is 12.1. The summed E-state index contributed by atoms with van der Waals surface area (Å²) in [6.45, 7) is 0.589. The SMILES string of the molecule is COc1ncnc(C2CC2)c1-c1cc2n(n1)CCC(=O)N2Cc1ccc(-n2nc(C#N)cc2OC)c(F)c1. The molecule has 0 atom stereocenters. The number of hydrogen-bond acceptors (Lipinski definition) is 8. The molecule has 38 heavy (non-hydrogen) atoms. The molecule has 0 saturated heterocycles. The maximum atomic E-state index is 15.2. The Morgan fingerprint density at radius 3 is 2.68 bits per heavy atom. The van der Waals surface area contributed by atoms with Crippen LogP contribution in [0.25, 0.3) is 16.9 Å². The fourth-order valence-corrected chi connectivity index (χ4v) is 4.73. The third-order valence-corrected chi connectivity index (χ3v) is 6.71. The fourth-order valence-electron chi connectivity index (χ4n) is 4.73. The fraction of sp³-hybridized carbons (Fsp3) is 0.308. The Balaban J connectivity index is 1.33. The first kappa shape index (κ1) is 23.6. The normalized spacial score (nSPS) is 14.8. The lowest BCUT2D eigenvalue weighted by Gasteiger charge is -2.27. The van der Waals surface area contributed by atoms with Crippen molar-refractivity contribution in [3.05, 3.63) is 59.4 Å². The Morgan fingerprint density at radius 1 is 1.13 bits per heavy atom. The highest BCUT2D eigenvalue weighted by Crippen LogP contribution is 2.46. The van der Waals surface area contributed by atoms with Crippen LogP contribution in [-0.4, -0.2) is 49.7 Å². The van der Waals surface area contributed by atoms with Crippen LogP contribution in [0, 0.1) is 17.1 Å². The maximum absolute atomic E-state index is 15.2. The van der Waals surface area contributed by atoms with Gasteiger partial charge in [0, 0.05) is 24.5 Å². The molecule has 1 saturated carbocycles. The highest BCUT2D eigenvalue weighted by molar-refractivity contribution is 5.94. The molecular weight excluding hydrogens is 491 g/mol. The molecule has 6 rings (SSSR count). The van der Waals surface area contributed by atoms with Crippen LogP contribution in [0.3, 0.4) is 0 Å². The number of aryl methyl sites for hydroxylation is 1. The second kappa shape index (κ2) is 9.26. The number of nitrogens with zero attached hydrogens (tertiary/aromatic N) is 8. The van der Waals surface area contributed by atoms with Crippen molar-refractivity contribution < 1.29 is 18.7 Å². The molecule has 4 aromatic rings. The summed E-state index contributed by atoms with van der Waals surface area (Å²) in [5.41, 5.74) is 3.11. The lowest BCUT2D eigenvalue weighted by molar-refractivity contribution is -0.119. The van der Waals surface area contributed by atoms with E-state index in [1.807, 2.05) is 12.1 Å². The van der Waals surface area contributed by atoms with Gasteiger partial charge >= 0.3 is 0 Å². The van der Waals surface area contributed by atoms with Crippen molar-refractivity contribution in [3.8, 4) is 34.8 Å². The third-order valence-electron chi connectivity index (χ3n) is 6.71. The second-order valence-corrected chi connectivity index (χ2v) is 9.14. The van der Waals surface area contributed by atoms with E-state index in [1.165, 1.54) is 30.3 Å². The molecule has 0 bridgehead atoms. The summed E-state index contributed by atoms with van der Waals surface area (Å²) in [6, 6.07) is 9.81. The molecule has 0 N–H and O–H groups in total. The molecular formula is C26H23FN8O3. The van der Waals surface area contributed by atoms with Gasteiger partial charge in [0.1, 0.15) is 35.4 Å². The van der Waals surface area contributed by atoms with E-state index in [0.29, 0.717) is 35.4 Å². The number of aromatic nitrogens is 6. The van der Waals surface area contributed by atoms with Gasteiger partial charge in [0.15, 0.2) is 5.69 Å². The second-order valence-electron chi connectivity index (χ2n) is 9.14. The summed E-state index contributed by atoms with van der Waals surface area (Å²) in [5.74, 6) is 0.994. The zero-order chi connectivity index (χ0) is 26.4. The van der Waals surface area contributed by atoms with E-state index in [1.54, 1.807) is 28.8 Å². The maximum Gasteiger partial charge on any atom is 0.230 e. The minimum atomic E-state index is -0.563. The predicted molar refractivity (Wildman–Crippen MR) is 132 cm³/mol. The van der Waals surface area contributed by atoms with Gasteiger partial charge in [-0.25, -0.2) is 19.0 Å². The zero-order valence-electron chi connectivity index (χ0n) is 20.8. The van der Waals surface area contributed by atoms with Gasteiger partial charge in [-0.1, -0.05) is 6.07 Å². The average Bonchev–Trinajstić information content (AvgIpc) is 3.55. The lowest BCUT2D eigenvalue weighted by atomic mass is 10.1. The molecule has 2 aliphatic rings. The molecule has 0 radical (unpaired) electrons. The number of halogens is 1. The Bertz CT molecular complexity index is 1600. The van der Waals surface area contributed by atoms with Crippen LogP contribution >= 0.6 is 0 Å². The third kappa shape index (κ3) is 4.02. The van der Waals surface area contributed by atoms with Crippen LogP contribution in [0.1, 0.15) is 42.1 Å². The van der Waals surface area contributed by atoms with Crippen LogP contribution < -0.4 is 14.4 Å². The van der Waals surface area contributed by atoms with Crippen molar-refractivity contribution in [2.75, 3.05) is 19.1 Å². The number of anilines is 1. The Labute approximate surface area is 217 Å². The molecule has 1 amide bonds. The number of amides is 1. The first-order valence-electron chi connectivity index (χ1n) is 12.1. The molecule has 4 heterocycles. The van der Waals surface area contributed by atoms with Gasteiger partial charge in [-0.05, 0) is 30.5 Å². The van der Waals surface area contributed by atoms with Crippen molar-refractivity contribution in [3.63, 3.8) is 0 Å². The topological polar surface area (TPSA) is 124 Å². The molecule has 0 unspecified atom stereocenters. The number of hydrogen-bond donors (Lipinski definition) is 0. The number of ether oxygens (including phenoxy) is 2. The summed E-state index contributed by atoms with van der Waals surface area (Å²) in [6.07, 6.45) is 3.87. The van der Waals surface area contributed by atoms with Crippen LogP contribution in [0.2, 0.25) is 0 Å². The van der Waals surface area contributed by atoms with E-state index >= 15 is 4.39 Å². The molecule has 1 aromatic carbocycles. The summed E-state index contributed by atoms with van der Waals surface area (Å²) < 4.78 is 29.0. The summed E-state index contributed by atoms with van der Waals surface area (Å²) in [7, 11) is 2.98. The van der Waals surface area contributed by atoms with Crippen molar-refractivity contribution in [1.82, 2.24) is 29.5 Å². The number of carbonyl (C=O) groups excluding carboxylic acids is 1. The number of nitriles is 1. The van der Waals surface area contributed by atoms with Crippen molar-refractivity contribution in [2.24, 2.45) is 0 Å². The minimum absolute atomic E-state index is 0.0838. The van der Waals surface area contributed by atoms with Gasteiger partial charge in [0.25, 0.3) is 0 Å². The molecule has 1 aliphatic heterocycles. The van der Waals surface area contributed by atoms with E-state index in [0.717, 1.165) is 24.1 Å². The highest BCUT2D eigenvalue weighted by atomic mass is 19.1. The smallest absolute Gasteiger partial charge is 0.230 e. The lowest BCUT2D eigenvalue weighted by Crippen LogP contribution is -2.36. The zero-order valence-corrected chi connectivity index (χ0v) is 20.8. The van der Waals surface area contributed by atoms with Crippen LogP contribution in [0.5, 0.6) is 11.8 Å². The van der Waals surface area contributed by atoms with Crippen molar-refractivity contribution in [1.29, 1.82) is 5.26 Å². The summed E-state index contributed by atoms with van der Waals surface area (Å²) in [5, 5.41) is 18.0.